The number of amidine groups is 1. The lowest BCUT2D eigenvalue weighted by Crippen LogP contribution is -2.12. The Morgan fingerprint density at radius 2 is 2.38 bits per heavy atom. The molecule has 0 radical (unpaired) electrons. The van der Waals surface area contributed by atoms with Crippen molar-refractivity contribution in [2.45, 2.75) is 0 Å². The van der Waals surface area contributed by atoms with E-state index in [4.69, 9.17) is 10.00 Å². The van der Waals surface area contributed by atoms with E-state index in [0.29, 0.717) is 16.6 Å². The van der Waals surface area contributed by atoms with E-state index in [1.807, 2.05) is 30.6 Å². The highest BCUT2D eigenvalue weighted by molar-refractivity contribution is 9.10. The Morgan fingerprint density at radius 3 is 2.94 bits per heavy atom. The van der Waals surface area contributed by atoms with Crippen LogP contribution in [0.25, 0.3) is 0 Å². The Labute approximate surface area is 107 Å². The van der Waals surface area contributed by atoms with Crippen LogP contribution in [0.3, 0.4) is 0 Å². The van der Waals surface area contributed by atoms with E-state index in [0.717, 1.165) is 4.47 Å². The zero-order valence-electron chi connectivity index (χ0n) is 8.82. The summed E-state index contributed by atoms with van der Waals surface area (Å²) in [5.41, 5.74) is 0.670. The number of ether oxygens (including phenoxy) is 1. The van der Waals surface area contributed by atoms with Gasteiger partial charge in [0.15, 0.2) is 11.4 Å². The molecule has 1 rings (SSSR count). The fraction of sp³-hybridized carbons (Fsp3) is 0.200. The van der Waals surface area contributed by atoms with Crippen molar-refractivity contribution in [3.8, 4) is 11.9 Å². The molecular formula is C10H10BrN3OS. The maximum atomic E-state index is 8.53. The molecule has 0 aliphatic rings. The number of nitrogens with one attached hydrogen (secondary N) is 1. The van der Waals surface area contributed by atoms with Gasteiger partial charge in [-0.15, -0.1) is 0 Å². The molecule has 0 unspecified atom stereocenters. The van der Waals surface area contributed by atoms with Crippen molar-refractivity contribution < 1.29 is 4.74 Å². The van der Waals surface area contributed by atoms with Crippen LogP contribution in [0.1, 0.15) is 0 Å². The van der Waals surface area contributed by atoms with E-state index in [-0.39, 0.29) is 0 Å². The largest absolute Gasteiger partial charge is 0.494 e. The molecule has 0 heterocycles. The van der Waals surface area contributed by atoms with Crippen LogP contribution < -0.4 is 10.1 Å². The Hall–Kier alpha value is -1.19. The van der Waals surface area contributed by atoms with Gasteiger partial charge in [0.2, 0.25) is 0 Å². The third kappa shape index (κ3) is 3.43. The summed E-state index contributed by atoms with van der Waals surface area (Å²) in [7, 11) is 1.58. The predicted molar refractivity (Wildman–Crippen MR) is 70.1 cm³/mol. The average Bonchev–Trinajstić information content (AvgIpc) is 2.29. The number of rotatable bonds is 2. The summed E-state index contributed by atoms with van der Waals surface area (Å²) in [5.74, 6) is 0.662. The van der Waals surface area contributed by atoms with Crippen LogP contribution in [-0.4, -0.2) is 18.5 Å². The summed E-state index contributed by atoms with van der Waals surface area (Å²) in [5, 5.41) is 11.6. The lowest BCUT2D eigenvalue weighted by molar-refractivity contribution is 0.416. The second-order valence-electron chi connectivity index (χ2n) is 2.67. The van der Waals surface area contributed by atoms with Gasteiger partial charge in [-0.25, -0.2) is 4.99 Å². The molecule has 6 heteroatoms. The van der Waals surface area contributed by atoms with Gasteiger partial charge in [-0.2, -0.15) is 5.26 Å². The topological polar surface area (TPSA) is 57.4 Å². The van der Waals surface area contributed by atoms with Gasteiger partial charge in [0, 0.05) is 4.47 Å². The fourth-order valence-corrected chi connectivity index (χ4v) is 1.72. The van der Waals surface area contributed by atoms with E-state index in [1.165, 1.54) is 11.8 Å². The molecule has 16 heavy (non-hydrogen) atoms. The van der Waals surface area contributed by atoms with Gasteiger partial charge in [0.25, 0.3) is 0 Å². The Bertz CT molecular complexity index is 442. The van der Waals surface area contributed by atoms with Crippen LogP contribution in [-0.2, 0) is 0 Å². The first-order valence-corrected chi connectivity index (χ1v) is 6.34. The monoisotopic (exact) mass is 299 g/mol. The third-order valence-electron chi connectivity index (χ3n) is 1.72. The molecular weight excluding hydrogens is 290 g/mol. The molecule has 0 amide bonds. The summed E-state index contributed by atoms with van der Waals surface area (Å²) in [6, 6.07) is 5.51. The van der Waals surface area contributed by atoms with Gasteiger partial charge < -0.3 is 4.74 Å². The smallest absolute Gasteiger partial charge is 0.183 e. The lowest BCUT2D eigenvalue weighted by atomic mass is 10.3. The number of hydrogen-bond donors (Lipinski definition) is 1. The maximum Gasteiger partial charge on any atom is 0.183 e. The van der Waals surface area contributed by atoms with Crippen LogP contribution in [0.15, 0.2) is 27.7 Å². The van der Waals surface area contributed by atoms with Crippen LogP contribution in [0.4, 0.5) is 5.69 Å². The molecule has 1 N–H and O–H groups in total. The molecule has 0 saturated heterocycles. The van der Waals surface area contributed by atoms with Crippen molar-refractivity contribution in [2.24, 2.45) is 4.99 Å². The normalized spacial score (nSPS) is 10.8. The zero-order valence-corrected chi connectivity index (χ0v) is 11.2. The summed E-state index contributed by atoms with van der Waals surface area (Å²) in [6.45, 7) is 0. The molecule has 1 aromatic carbocycles. The minimum Gasteiger partial charge on any atom is -0.494 e. The molecule has 1 aromatic rings. The Morgan fingerprint density at radius 1 is 1.62 bits per heavy atom. The Balaban J connectivity index is 3.11. The quantitative estimate of drug-likeness (QED) is 0.395. The van der Waals surface area contributed by atoms with E-state index in [9.17, 15) is 0 Å². The van der Waals surface area contributed by atoms with Crippen LogP contribution in [0.2, 0.25) is 0 Å². The molecule has 0 fully saturated rings. The minimum absolute atomic E-state index is 0.527. The number of hydrogen-bond acceptors (Lipinski definition) is 4. The van der Waals surface area contributed by atoms with E-state index in [1.54, 1.807) is 7.11 Å². The van der Waals surface area contributed by atoms with Gasteiger partial charge in [0.05, 0.1) is 7.11 Å². The second-order valence-corrected chi connectivity index (χ2v) is 4.38. The highest BCUT2D eigenvalue weighted by Crippen LogP contribution is 2.31. The number of nitrogens with zero attached hydrogens (tertiary/aromatic N) is 2. The standard InChI is InChI=1S/C10H10BrN3OS/c1-15-9-4-3-7(11)5-8(9)14-10(16-2)13-6-12/h3-5H,1-2H3,(H,13,14). The van der Waals surface area contributed by atoms with Gasteiger partial charge in [-0.3, -0.25) is 5.32 Å². The lowest BCUT2D eigenvalue weighted by Gasteiger charge is -2.06. The average molecular weight is 300 g/mol. The van der Waals surface area contributed by atoms with Crippen molar-refractivity contribution >= 4 is 38.5 Å². The van der Waals surface area contributed by atoms with Crippen LogP contribution in [0.5, 0.6) is 5.75 Å². The SMILES string of the molecule is COc1ccc(Br)cc1N=C(NC#N)SC. The summed E-state index contributed by atoms with van der Waals surface area (Å²) in [6.07, 6.45) is 3.68. The zero-order chi connectivity index (χ0) is 12.0. The molecule has 0 bridgehead atoms. The van der Waals surface area contributed by atoms with Crippen LogP contribution >= 0.6 is 27.7 Å². The van der Waals surface area contributed by atoms with Gasteiger partial charge in [-0.1, -0.05) is 27.7 Å². The summed E-state index contributed by atoms with van der Waals surface area (Å²) >= 11 is 4.72. The van der Waals surface area contributed by atoms with Gasteiger partial charge in [0.1, 0.15) is 11.4 Å². The number of benzene rings is 1. The molecule has 84 valence electrons. The highest BCUT2D eigenvalue weighted by Gasteiger charge is 2.04. The fourth-order valence-electron chi connectivity index (χ4n) is 1.03. The van der Waals surface area contributed by atoms with Crippen LogP contribution in [0, 0.1) is 11.5 Å². The number of thioether (sulfide) groups is 1. The molecule has 0 aliphatic heterocycles. The third-order valence-corrected chi connectivity index (χ3v) is 2.79. The van der Waals surface area contributed by atoms with Gasteiger partial charge >= 0.3 is 0 Å². The highest BCUT2D eigenvalue weighted by atomic mass is 79.9. The Kier molecular flexibility index (Phi) is 5.15. The number of methoxy groups -OCH3 is 1. The first-order chi connectivity index (χ1) is 7.71. The molecule has 0 atom stereocenters. The number of aliphatic imine (C=N–C) groups is 1. The van der Waals surface area contributed by atoms with Crippen molar-refractivity contribution in [3.05, 3.63) is 22.7 Å². The van der Waals surface area contributed by atoms with Crippen molar-refractivity contribution in [1.82, 2.24) is 5.32 Å². The predicted octanol–water partition coefficient (Wildman–Crippen LogP) is 2.88. The molecule has 0 spiro atoms. The number of nitriles is 1. The van der Waals surface area contributed by atoms with E-state index in [2.05, 4.69) is 26.2 Å². The van der Waals surface area contributed by atoms with Crippen molar-refractivity contribution in [1.29, 1.82) is 5.26 Å². The van der Waals surface area contributed by atoms with Crippen molar-refractivity contribution in [3.63, 3.8) is 0 Å². The summed E-state index contributed by atoms with van der Waals surface area (Å²) < 4.78 is 6.08. The molecule has 0 aliphatic carbocycles. The van der Waals surface area contributed by atoms with E-state index >= 15 is 0 Å². The van der Waals surface area contributed by atoms with E-state index < -0.39 is 0 Å². The molecule has 0 saturated carbocycles. The van der Waals surface area contributed by atoms with Crippen molar-refractivity contribution in [2.75, 3.05) is 13.4 Å². The van der Waals surface area contributed by atoms with Gasteiger partial charge in [-0.05, 0) is 24.5 Å². The molecule has 0 aromatic heterocycles. The first-order valence-electron chi connectivity index (χ1n) is 4.32. The second kappa shape index (κ2) is 6.40. The molecule has 4 nitrogen and oxygen atoms in total. The first kappa shape index (κ1) is 12.9. The minimum atomic E-state index is 0.527. The number of halogens is 1. The maximum absolute atomic E-state index is 8.53. The summed E-state index contributed by atoms with van der Waals surface area (Å²) in [4.78, 5) is 4.29.